The van der Waals surface area contributed by atoms with E-state index in [4.69, 9.17) is 11.6 Å². The summed E-state index contributed by atoms with van der Waals surface area (Å²) < 4.78 is 0.740. The highest BCUT2D eigenvalue weighted by molar-refractivity contribution is 9.10. The van der Waals surface area contributed by atoms with Crippen LogP contribution in [0.3, 0.4) is 0 Å². The topological polar surface area (TPSA) is 49.3 Å². The molecule has 0 unspecified atom stereocenters. The van der Waals surface area contributed by atoms with Crippen LogP contribution < -0.4 is 5.32 Å². The third-order valence-corrected chi connectivity index (χ3v) is 3.68. The van der Waals surface area contributed by atoms with Gasteiger partial charge in [-0.2, -0.15) is 0 Å². The highest BCUT2D eigenvalue weighted by Crippen LogP contribution is 2.24. The second kappa shape index (κ2) is 7.15. The molecule has 19 heavy (non-hydrogen) atoms. The summed E-state index contributed by atoms with van der Waals surface area (Å²) in [7, 11) is 0. The summed E-state index contributed by atoms with van der Waals surface area (Å²) in [5.41, 5.74) is 0.284. The molecule has 0 saturated heterocycles. The lowest BCUT2D eigenvalue weighted by molar-refractivity contribution is 0.0932. The van der Waals surface area contributed by atoms with Gasteiger partial charge in [-0.25, -0.2) is 0 Å². The van der Waals surface area contributed by atoms with E-state index < -0.39 is 0 Å². The maximum Gasteiger partial charge on any atom is 0.255 e. The zero-order chi connectivity index (χ0) is 14.5. The Bertz CT molecular complexity index is 449. The normalized spacial score (nSPS) is 11.4. The Morgan fingerprint density at radius 1 is 1.47 bits per heavy atom. The Morgan fingerprint density at radius 2 is 2.16 bits per heavy atom. The molecule has 0 heterocycles. The highest BCUT2D eigenvalue weighted by Gasteiger charge is 2.19. The number of hydrogen-bond donors (Lipinski definition) is 2. The number of phenols is 1. The van der Waals surface area contributed by atoms with E-state index in [0.717, 1.165) is 17.3 Å². The number of alkyl halides is 1. The molecule has 0 atom stereocenters. The number of carbonyl (C=O) groups excluding carboxylic acids is 1. The molecule has 0 aliphatic rings. The standard InChI is InChI=1S/C14H19BrClNO2/c1-14(2,6-3-7-16)9-17-13(19)11-5-4-10(15)8-12(11)18/h4-5,8,18H,3,6-7,9H2,1-2H3,(H,17,19). The van der Waals surface area contributed by atoms with Gasteiger partial charge in [0.25, 0.3) is 5.91 Å². The van der Waals surface area contributed by atoms with Gasteiger partial charge in [0.2, 0.25) is 0 Å². The Labute approximate surface area is 127 Å². The molecular weight excluding hydrogens is 330 g/mol. The van der Waals surface area contributed by atoms with Crippen molar-refractivity contribution >= 4 is 33.4 Å². The molecule has 3 nitrogen and oxygen atoms in total. The quantitative estimate of drug-likeness (QED) is 0.765. The molecule has 0 aliphatic heterocycles. The minimum Gasteiger partial charge on any atom is -0.507 e. The molecular formula is C14H19BrClNO2. The van der Waals surface area contributed by atoms with E-state index in [1.54, 1.807) is 12.1 Å². The van der Waals surface area contributed by atoms with Gasteiger partial charge < -0.3 is 10.4 Å². The lowest BCUT2D eigenvalue weighted by Gasteiger charge is -2.24. The SMILES string of the molecule is CC(C)(CCCCl)CNC(=O)c1ccc(Br)cc1O. The van der Waals surface area contributed by atoms with Gasteiger partial charge in [0.05, 0.1) is 5.56 Å². The first-order valence-electron chi connectivity index (χ1n) is 6.18. The largest absolute Gasteiger partial charge is 0.507 e. The van der Waals surface area contributed by atoms with Gasteiger partial charge in [-0.05, 0) is 36.5 Å². The van der Waals surface area contributed by atoms with Crippen molar-refractivity contribution in [3.8, 4) is 5.75 Å². The van der Waals surface area contributed by atoms with E-state index in [1.807, 2.05) is 0 Å². The number of rotatable bonds is 6. The summed E-state index contributed by atoms with van der Waals surface area (Å²) >= 11 is 8.92. The summed E-state index contributed by atoms with van der Waals surface area (Å²) in [4.78, 5) is 12.0. The van der Waals surface area contributed by atoms with E-state index in [1.165, 1.54) is 6.07 Å². The molecule has 1 rings (SSSR count). The Morgan fingerprint density at radius 3 is 2.74 bits per heavy atom. The van der Waals surface area contributed by atoms with Crippen molar-refractivity contribution in [2.75, 3.05) is 12.4 Å². The van der Waals surface area contributed by atoms with Gasteiger partial charge >= 0.3 is 0 Å². The zero-order valence-electron chi connectivity index (χ0n) is 11.2. The van der Waals surface area contributed by atoms with Gasteiger partial charge in [0, 0.05) is 16.9 Å². The maximum atomic E-state index is 12.0. The van der Waals surface area contributed by atoms with Crippen molar-refractivity contribution in [1.82, 2.24) is 5.32 Å². The Balaban J connectivity index is 2.60. The van der Waals surface area contributed by atoms with Gasteiger partial charge in [-0.15, -0.1) is 11.6 Å². The molecule has 106 valence electrons. The van der Waals surface area contributed by atoms with Crippen LogP contribution in [-0.2, 0) is 0 Å². The zero-order valence-corrected chi connectivity index (χ0v) is 13.5. The van der Waals surface area contributed by atoms with E-state index in [-0.39, 0.29) is 22.6 Å². The summed E-state index contributed by atoms with van der Waals surface area (Å²) in [5, 5.41) is 12.6. The average Bonchev–Trinajstić information content (AvgIpc) is 2.34. The number of aromatic hydroxyl groups is 1. The summed E-state index contributed by atoms with van der Waals surface area (Å²) in [6.45, 7) is 4.72. The minimum atomic E-state index is -0.260. The third kappa shape index (κ3) is 5.41. The Kier molecular flexibility index (Phi) is 6.14. The number of hydrogen-bond acceptors (Lipinski definition) is 2. The molecule has 0 aromatic heterocycles. The smallest absolute Gasteiger partial charge is 0.255 e. The van der Waals surface area contributed by atoms with Crippen LogP contribution in [0.5, 0.6) is 5.75 Å². The van der Waals surface area contributed by atoms with Crippen LogP contribution in [0.4, 0.5) is 0 Å². The number of nitrogens with one attached hydrogen (secondary N) is 1. The van der Waals surface area contributed by atoms with Crippen molar-refractivity contribution in [2.24, 2.45) is 5.41 Å². The summed E-state index contributed by atoms with van der Waals surface area (Å²) in [6, 6.07) is 4.83. The number of phenolic OH excluding ortho intramolecular Hbond substituents is 1. The second-order valence-electron chi connectivity index (χ2n) is 5.30. The van der Waals surface area contributed by atoms with E-state index in [2.05, 4.69) is 35.1 Å². The number of benzene rings is 1. The average molecular weight is 349 g/mol. The van der Waals surface area contributed by atoms with E-state index in [0.29, 0.717) is 12.4 Å². The molecule has 0 aliphatic carbocycles. The number of amides is 1. The summed E-state index contributed by atoms with van der Waals surface area (Å²) in [5.74, 6) is 0.347. The highest BCUT2D eigenvalue weighted by atomic mass is 79.9. The molecule has 1 aromatic carbocycles. The van der Waals surface area contributed by atoms with Crippen LogP contribution in [0.25, 0.3) is 0 Å². The second-order valence-corrected chi connectivity index (χ2v) is 6.59. The lowest BCUT2D eigenvalue weighted by atomic mass is 9.88. The first kappa shape index (κ1) is 16.3. The van der Waals surface area contributed by atoms with Crippen LogP contribution in [0.1, 0.15) is 37.0 Å². The first-order valence-corrected chi connectivity index (χ1v) is 7.51. The number of carbonyl (C=O) groups is 1. The Hall–Kier alpha value is -0.740. The van der Waals surface area contributed by atoms with Crippen molar-refractivity contribution in [2.45, 2.75) is 26.7 Å². The third-order valence-electron chi connectivity index (χ3n) is 2.92. The molecule has 0 saturated carbocycles. The van der Waals surface area contributed by atoms with E-state index >= 15 is 0 Å². The van der Waals surface area contributed by atoms with E-state index in [9.17, 15) is 9.90 Å². The van der Waals surface area contributed by atoms with Crippen molar-refractivity contribution < 1.29 is 9.90 Å². The fraction of sp³-hybridized carbons (Fsp3) is 0.500. The summed E-state index contributed by atoms with van der Waals surface area (Å²) in [6.07, 6.45) is 1.87. The molecule has 0 radical (unpaired) electrons. The fourth-order valence-electron chi connectivity index (χ4n) is 1.75. The van der Waals surface area contributed by atoms with Gasteiger partial charge in [-0.1, -0.05) is 29.8 Å². The number of halogens is 2. The fourth-order valence-corrected chi connectivity index (χ4v) is 2.23. The minimum absolute atomic E-state index is 0.00443. The monoisotopic (exact) mass is 347 g/mol. The van der Waals surface area contributed by atoms with Crippen LogP contribution in [-0.4, -0.2) is 23.4 Å². The van der Waals surface area contributed by atoms with Gasteiger partial charge in [-0.3, -0.25) is 4.79 Å². The predicted molar refractivity (Wildman–Crippen MR) is 81.9 cm³/mol. The van der Waals surface area contributed by atoms with Gasteiger partial charge in [0.15, 0.2) is 0 Å². The van der Waals surface area contributed by atoms with Crippen molar-refractivity contribution in [3.63, 3.8) is 0 Å². The van der Waals surface area contributed by atoms with Crippen LogP contribution in [0.15, 0.2) is 22.7 Å². The maximum absolute atomic E-state index is 12.0. The molecule has 0 bridgehead atoms. The molecule has 0 fully saturated rings. The predicted octanol–water partition coefficient (Wildman–Crippen LogP) is 3.93. The molecule has 5 heteroatoms. The molecule has 1 amide bonds. The van der Waals surface area contributed by atoms with Crippen LogP contribution in [0.2, 0.25) is 0 Å². The van der Waals surface area contributed by atoms with Crippen LogP contribution in [0, 0.1) is 5.41 Å². The first-order chi connectivity index (χ1) is 8.85. The molecule has 2 N–H and O–H groups in total. The van der Waals surface area contributed by atoms with Crippen molar-refractivity contribution in [3.05, 3.63) is 28.2 Å². The van der Waals surface area contributed by atoms with Gasteiger partial charge in [0.1, 0.15) is 5.75 Å². The van der Waals surface area contributed by atoms with Crippen molar-refractivity contribution in [1.29, 1.82) is 0 Å². The molecule has 0 spiro atoms. The molecule has 1 aromatic rings. The lowest BCUT2D eigenvalue weighted by Crippen LogP contribution is -2.34. The van der Waals surface area contributed by atoms with Crippen LogP contribution >= 0.6 is 27.5 Å².